The molecule has 1 aromatic rings. The quantitative estimate of drug-likeness (QED) is 0.350. The van der Waals surface area contributed by atoms with Crippen molar-refractivity contribution in [2.24, 2.45) is 5.11 Å². The van der Waals surface area contributed by atoms with E-state index in [2.05, 4.69) is 20.0 Å². The molecule has 0 aliphatic rings. The van der Waals surface area contributed by atoms with Gasteiger partial charge in [-0.3, -0.25) is 0 Å². The van der Waals surface area contributed by atoms with Crippen LogP contribution in [0, 0.1) is 0 Å². The van der Waals surface area contributed by atoms with E-state index in [1.54, 1.807) is 0 Å². The highest BCUT2D eigenvalue weighted by Gasteiger charge is 2.18. The molecule has 0 saturated carbocycles. The van der Waals surface area contributed by atoms with E-state index in [1.165, 1.54) is 12.4 Å². The zero-order chi connectivity index (χ0) is 12.0. The normalized spacial score (nSPS) is 13.9. The molecule has 0 radical (unpaired) electrons. The Balaban J connectivity index is 2.58. The molecule has 0 saturated heterocycles. The number of azide groups is 1. The maximum absolute atomic E-state index is 9.67. The Labute approximate surface area is 96.4 Å². The number of aromatic nitrogens is 2. The number of rotatable bonds is 5. The van der Waals surface area contributed by atoms with Crippen LogP contribution < -0.4 is 0 Å². The predicted molar refractivity (Wildman–Crippen MR) is 56.6 cm³/mol. The van der Waals surface area contributed by atoms with E-state index in [9.17, 15) is 10.2 Å². The first-order valence-corrected chi connectivity index (χ1v) is 4.87. The molecule has 0 aliphatic carbocycles. The van der Waals surface area contributed by atoms with Crippen LogP contribution in [0.4, 0.5) is 0 Å². The molecule has 8 heteroatoms. The van der Waals surface area contributed by atoms with Gasteiger partial charge in [0.2, 0.25) is 5.28 Å². The Bertz CT molecular complexity index is 379. The molecule has 1 rings (SSSR count). The van der Waals surface area contributed by atoms with E-state index >= 15 is 0 Å². The van der Waals surface area contributed by atoms with E-state index in [0.29, 0.717) is 5.56 Å². The lowest BCUT2D eigenvalue weighted by molar-refractivity contribution is 0.0146. The number of hydrogen-bond acceptors (Lipinski definition) is 5. The van der Waals surface area contributed by atoms with Gasteiger partial charge in [-0.1, -0.05) is 5.11 Å². The average Bonchev–Trinajstić information content (AvgIpc) is 2.29. The first kappa shape index (κ1) is 12.7. The zero-order valence-corrected chi connectivity index (χ0v) is 8.99. The van der Waals surface area contributed by atoms with Gasteiger partial charge in [0.15, 0.2) is 0 Å². The summed E-state index contributed by atoms with van der Waals surface area (Å²) in [6.45, 7) is 0.114. The Kier molecular flexibility index (Phi) is 4.94. The lowest BCUT2D eigenvalue weighted by Gasteiger charge is -2.16. The molecule has 0 aromatic carbocycles. The fourth-order valence-corrected chi connectivity index (χ4v) is 1.19. The fraction of sp³-hybridized carbons (Fsp3) is 0.500. The summed E-state index contributed by atoms with van der Waals surface area (Å²) in [5, 5.41) is 22.5. The second kappa shape index (κ2) is 6.24. The van der Waals surface area contributed by atoms with Gasteiger partial charge in [0.1, 0.15) is 6.10 Å². The Morgan fingerprint density at radius 2 is 2.06 bits per heavy atom. The highest BCUT2D eigenvalue weighted by Crippen LogP contribution is 2.17. The molecule has 2 N–H and O–H groups in total. The minimum atomic E-state index is -1.12. The third-order valence-electron chi connectivity index (χ3n) is 1.93. The standard InChI is InChI=1S/C8H10ClN5O2/c9-8-11-3-5(4-12-8)7(16)6(15)1-2-13-14-10/h3-4,6-7,15-16H,1-2H2. The van der Waals surface area contributed by atoms with E-state index < -0.39 is 12.2 Å². The zero-order valence-electron chi connectivity index (χ0n) is 8.23. The third-order valence-corrected chi connectivity index (χ3v) is 2.13. The summed E-state index contributed by atoms with van der Waals surface area (Å²) in [7, 11) is 0. The summed E-state index contributed by atoms with van der Waals surface area (Å²) in [6, 6.07) is 0. The van der Waals surface area contributed by atoms with E-state index in [4.69, 9.17) is 17.1 Å². The van der Waals surface area contributed by atoms with Gasteiger partial charge in [0, 0.05) is 29.4 Å². The topological polar surface area (TPSA) is 115 Å². The number of aliphatic hydroxyl groups excluding tert-OH is 2. The summed E-state index contributed by atoms with van der Waals surface area (Å²) >= 11 is 5.48. The summed E-state index contributed by atoms with van der Waals surface area (Å²) in [6.07, 6.45) is 0.669. The molecule has 2 unspecified atom stereocenters. The van der Waals surface area contributed by atoms with Gasteiger partial charge in [-0.05, 0) is 23.6 Å². The number of nitrogens with zero attached hydrogens (tertiary/aromatic N) is 5. The van der Waals surface area contributed by atoms with E-state index in [-0.39, 0.29) is 18.2 Å². The van der Waals surface area contributed by atoms with Crippen molar-refractivity contribution in [2.45, 2.75) is 18.6 Å². The smallest absolute Gasteiger partial charge is 0.222 e. The summed E-state index contributed by atoms with van der Waals surface area (Å²) in [5.74, 6) is 0. The van der Waals surface area contributed by atoms with Crippen molar-refractivity contribution in [1.29, 1.82) is 0 Å². The molecule has 1 heterocycles. The second-order valence-corrected chi connectivity index (χ2v) is 3.38. The van der Waals surface area contributed by atoms with Crippen molar-refractivity contribution >= 4 is 11.6 Å². The van der Waals surface area contributed by atoms with Gasteiger partial charge in [-0.25, -0.2) is 9.97 Å². The Morgan fingerprint density at radius 3 is 2.62 bits per heavy atom. The van der Waals surface area contributed by atoms with Crippen molar-refractivity contribution in [2.75, 3.05) is 6.54 Å². The highest BCUT2D eigenvalue weighted by molar-refractivity contribution is 6.28. The lowest BCUT2D eigenvalue weighted by Crippen LogP contribution is -2.19. The molecular formula is C8H10ClN5O2. The molecule has 0 fully saturated rings. The number of hydrogen-bond donors (Lipinski definition) is 2. The van der Waals surface area contributed by atoms with E-state index in [1.807, 2.05) is 0 Å². The first-order valence-electron chi connectivity index (χ1n) is 4.49. The monoisotopic (exact) mass is 243 g/mol. The molecular weight excluding hydrogens is 234 g/mol. The molecule has 16 heavy (non-hydrogen) atoms. The van der Waals surface area contributed by atoms with Crippen molar-refractivity contribution in [1.82, 2.24) is 9.97 Å². The fourth-order valence-electron chi connectivity index (χ4n) is 1.09. The van der Waals surface area contributed by atoms with Crippen LogP contribution in [0.2, 0.25) is 5.28 Å². The van der Waals surface area contributed by atoms with Gasteiger partial charge in [-0.15, -0.1) is 0 Å². The lowest BCUT2D eigenvalue weighted by atomic mass is 10.1. The van der Waals surface area contributed by atoms with Crippen LogP contribution in [0.25, 0.3) is 10.4 Å². The highest BCUT2D eigenvalue weighted by atomic mass is 35.5. The van der Waals surface area contributed by atoms with Crippen molar-refractivity contribution < 1.29 is 10.2 Å². The summed E-state index contributed by atoms with van der Waals surface area (Å²) < 4.78 is 0. The molecule has 0 bridgehead atoms. The largest absolute Gasteiger partial charge is 0.390 e. The van der Waals surface area contributed by atoms with Crippen LogP contribution in [-0.4, -0.2) is 32.8 Å². The summed E-state index contributed by atoms with van der Waals surface area (Å²) in [5.41, 5.74) is 8.40. The molecule has 0 amide bonds. The maximum Gasteiger partial charge on any atom is 0.222 e. The third kappa shape index (κ3) is 3.63. The predicted octanol–water partition coefficient (Wildman–Crippen LogP) is 1.22. The minimum Gasteiger partial charge on any atom is -0.390 e. The number of aliphatic hydroxyl groups is 2. The van der Waals surface area contributed by atoms with Gasteiger partial charge in [-0.2, -0.15) is 0 Å². The molecule has 0 spiro atoms. The summed E-state index contributed by atoms with van der Waals surface area (Å²) in [4.78, 5) is 9.90. The van der Waals surface area contributed by atoms with Crippen molar-refractivity contribution in [3.8, 4) is 0 Å². The van der Waals surface area contributed by atoms with E-state index in [0.717, 1.165) is 0 Å². The van der Waals surface area contributed by atoms with Crippen LogP contribution in [0.15, 0.2) is 17.5 Å². The SMILES string of the molecule is [N-]=[N+]=NCCC(O)C(O)c1cnc(Cl)nc1. The minimum absolute atomic E-state index is 0.0690. The van der Waals surface area contributed by atoms with Gasteiger partial charge >= 0.3 is 0 Å². The Hall–Kier alpha value is -1.40. The number of halogens is 1. The van der Waals surface area contributed by atoms with Crippen LogP contribution in [0.1, 0.15) is 18.1 Å². The van der Waals surface area contributed by atoms with Crippen LogP contribution in [0.3, 0.4) is 0 Å². The van der Waals surface area contributed by atoms with Gasteiger partial charge in [0.05, 0.1) is 6.10 Å². The maximum atomic E-state index is 9.67. The molecule has 86 valence electrons. The molecule has 2 atom stereocenters. The van der Waals surface area contributed by atoms with Gasteiger partial charge in [0.25, 0.3) is 0 Å². The second-order valence-electron chi connectivity index (χ2n) is 3.04. The van der Waals surface area contributed by atoms with Crippen LogP contribution in [-0.2, 0) is 0 Å². The first-order chi connectivity index (χ1) is 7.65. The van der Waals surface area contributed by atoms with Crippen LogP contribution in [0.5, 0.6) is 0 Å². The van der Waals surface area contributed by atoms with Crippen molar-refractivity contribution in [3.05, 3.63) is 33.7 Å². The van der Waals surface area contributed by atoms with Gasteiger partial charge < -0.3 is 10.2 Å². The van der Waals surface area contributed by atoms with Crippen LogP contribution >= 0.6 is 11.6 Å². The molecule has 7 nitrogen and oxygen atoms in total. The molecule has 1 aromatic heterocycles. The average molecular weight is 244 g/mol. The van der Waals surface area contributed by atoms with Crippen molar-refractivity contribution in [3.63, 3.8) is 0 Å². The Morgan fingerprint density at radius 1 is 1.44 bits per heavy atom. The molecule has 0 aliphatic heterocycles.